The minimum absolute atomic E-state index is 0.0238. The topological polar surface area (TPSA) is 61.9 Å². The molecule has 1 saturated carbocycles. The van der Waals surface area contributed by atoms with Gasteiger partial charge in [-0.1, -0.05) is 19.1 Å². The minimum atomic E-state index is 0.0238. The molecule has 4 rings (SSSR count). The molecule has 2 aliphatic heterocycles. The third kappa shape index (κ3) is 3.50. The Balaban J connectivity index is 1.40. The van der Waals surface area contributed by atoms with Crippen LogP contribution in [0.3, 0.4) is 0 Å². The van der Waals surface area contributed by atoms with E-state index in [1.165, 1.54) is 0 Å². The van der Waals surface area contributed by atoms with Crippen LogP contribution in [0.4, 0.5) is 10.5 Å². The molecule has 0 unspecified atom stereocenters. The number of nitrogens with one attached hydrogen (secondary N) is 1. The molecular weight excluding hydrogens is 330 g/mol. The summed E-state index contributed by atoms with van der Waals surface area (Å²) in [6.45, 7) is 3.93. The average Bonchev–Trinajstić information content (AvgIpc) is 3.50. The molecule has 1 aromatic rings. The van der Waals surface area contributed by atoms with Crippen molar-refractivity contribution in [2.24, 2.45) is 5.92 Å². The van der Waals surface area contributed by atoms with Crippen molar-refractivity contribution in [3.8, 4) is 5.75 Å². The Bertz CT molecular complexity index is 681. The van der Waals surface area contributed by atoms with Crippen molar-refractivity contribution in [1.82, 2.24) is 10.2 Å². The van der Waals surface area contributed by atoms with Crippen LogP contribution in [-0.4, -0.2) is 48.6 Å². The molecule has 1 N–H and O–H groups in total. The van der Waals surface area contributed by atoms with Gasteiger partial charge in [0.1, 0.15) is 11.9 Å². The SMILES string of the molecule is CC[C@@H]1CN(C(=O)N2CCC(C(=O)NC3CC3)CC2)c2ccccc2O1. The second-order valence-corrected chi connectivity index (χ2v) is 7.55. The zero-order valence-corrected chi connectivity index (χ0v) is 15.3. The van der Waals surface area contributed by atoms with Crippen LogP contribution >= 0.6 is 0 Å². The molecule has 1 atom stereocenters. The fourth-order valence-corrected chi connectivity index (χ4v) is 3.74. The van der Waals surface area contributed by atoms with E-state index in [1.807, 2.05) is 34.1 Å². The maximum Gasteiger partial charge on any atom is 0.324 e. The number of likely N-dealkylation sites (tertiary alicyclic amines) is 1. The number of fused-ring (bicyclic) bond motifs is 1. The number of para-hydroxylation sites is 2. The van der Waals surface area contributed by atoms with Crippen LogP contribution in [0.2, 0.25) is 0 Å². The number of benzene rings is 1. The summed E-state index contributed by atoms with van der Waals surface area (Å²) in [6.07, 6.45) is 4.59. The van der Waals surface area contributed by atoms with Crippen molar-refractivity contribution >= 4 is 17.6 Å². The van der Waals surface area contributed by atoms with Crippen LogP contribution in [0.25, 0.3) is 0 Å². The number of urea groups is 1. The lowest BCUT2D eigenvalue weighted by molar-refractivity contribution is -0.126. The highest BCUT2D eigenvalue weighted by atomic mass is 16.5. The van der Waals surface area contributed by atoms with Gasteiger partial charge < -0.3 is 15.0 Å². The van der Waals surface area contributed by atoms with Crippen molar-refractivity contribution in [1.29, 1.82) is 0 Å². The second kappa shape index (κ2) is 7.17. The molecule has 0 aromatic heterocycles. The molecule has 1 aliphatic carbocycles. The third-order valence-corrected chi connectivity index (χ3v) is 5.58. The van der Waals surface area contributed by atoms with Gasteiger partial charge in [0, 0.05) is 25.0 Å². The fourth-order valence-electron chi connectivity index (χ4n) is 3.74. The van der Waals surface area contributed by atoms with E-state index >= 15 is 0 Å². The number of carbonyl (C=O) groups is 2. The highest BCUT2D eigenvalue weighted by Crippen LogP contribution is 2.35. The summed E-state index contributed by atoms with van der Waals surface area (Å²) in [4.78, 5) is 29.1. The molecule has 1 aromatic carbocycles. The maximum absolute atomic E-state index is 13.1. The summed E-state index contributed by atoms with van der Waals surface area (Å²) in [7, 11) is 0. The van der Waals surface area contributed by atoms with Gasteiger partial charge in [-0.3, -0.25) is 9.69 Å². The van der Waals surface area contributed by atoms with Crippen LogP contribution in [0, 0.1) is 5.92 Å². The maximum atomic E-state index is 13.1. The Kier molecular flexibility index (Phi) is 4.74. The van der Waals surface area contributed by atoms with Gasteiger partial charge in [-0.05, 0) is 44.2 Å². The predicted octanol–water partition coefficient (Wildman–Crippen LogP) is 2.77. The number of hydrogen-bond acceptors (Lipinski definition) is 3. The average molecular weight is 357 g/mol. The number of anilines is 1. The number of nitrogens with zero attached hydrogens (tertiary/aromatic N) is 2. The first-order valence-corrected chi connectivity index (χ1v) is 9.78. The van der Waals surface area contributed by atoms with E-state index in [2.05, 4.69) is 12.2 Å². The summed E-state index contributed by atoms with van der Waals surface area (Å²) in [5.74, 6) is 0.986. The van der Waals surface area contributed by atoms with E-state index in [0.29, 0.717) is 25.7 Å². The van der Waals surface area contributed by atoms with E-state index in [4.69, 9.17) is 4.74 Å². The fraction of sp³-hybridized carbons (Fsp3) is 0.600. The summed E-state index contributed by atoms with van der Waals surface area (Å²) in [6, 6.07) is 8.16. The van der Waals surface area contributed by atoms with Crippen LogP contribution in [0.5, 0.6) is 5.75 Å². The van der Waals surface area contributed by atoms with Gasteiger partial charge in [-0.25, -0.2) is 4.79 Å². The van der Waals surface area contributed by atoms with Crippen molar-refractivity contribution in [2.75, 3.05) is 24.5 Å². The monoisotopic (exact) mass is 357 g/mol. The molecule has 0 bridgehead atoms. The smallest absolute Gasteiger partial charge is 0.324 e. The summed E-state index contributed by atoms with van der Waals surface area (Å²) in [5, 5.41) is 3.09. The molecule has 6 nitrogen and oxygen atoms in total. The van der Waals surface area contributed by atoms with E-state index < -0.39 is 0 Å². The number of hydrogen-bond donors (Lipinski definition) is 1. The zero-order chi connectivity index (χ0) is 18.1. The number of piperidine rings is 1. The van der Waals surface area contributed by atoms with Crippen LogP contribution in [0.15, 0.2) is 24.3 Å². The zero-order valence-electron chi connectivity index (χ0n) is 15.3. The van der Waals surface area contributed by atoms with Gasteiger partial charge in [0.15, 0.2) is 0 Å². The van der Waals surface area contributed by atoms with E-state index in [0.717, 1.165) is 43.5 Å². The predicted molar refractivity (Wildman–Crippen MR) is 99.4 cm³/mol. The Morgan fingerprint density at radius 3 is 2.58 bits per heavy atom. The van der Waals surface area contributed by atoms with Crippen LogP contribution in [0.1, 0.15) is 39.0 Å². The van der Waals surface area contributed by atoms with Gasteiger partial charge in [0.25, 0.3) is 0 Å². The normalized spacial score (nSPS) is 23.2. The summed E-state index contributed by atoms with van der Waals surface area (Å²) >= 11 is 0. The summed E-state index contributed by atoms with van der Waals surface area (Å²) in [5.41, 5.74) is 0.843. The molecule has 3 aliphatic rings. The van der Waals surface area contributed by atoms with Gasteiger partial charge in [-0.2, -0.15) is 0 Å². The largest absolute Gasteiger partial charge is 0.486 e. The molecular formula is C20H27N3O3. The highest BCUT2D eigenvalue weighted by molar-refractivity contribution is 5.94. The van der Waals surface area contributed by atoms with Crippen molar-refractivity contribution in [2.45, 2.75) is 51.2 Å². The summed E-state index contributed by atoms with van der Waals surface area (Å²) < 4.78 is 5.97. The van der Waals surface area contributed by atoms with Gasteiger partial charge in [0.05, 0.1) is 12.2 Å². The third-order valence-electron chi connectivity index (χ3n) is 5.58. The number of ether oxygens (including phenoxy) is 1. The van der Waals surface area contributed by atoms with Crippen molar-refractivity contribution in [3.05, 3.63) is 24.3 Å². The molecule has 1 saturated heterocycles. The van der Waals surface area contributed by atoms with Gasteiger partial charge >= 0.3 is 6.03 Å². The van der Waals surface area contributed by atoms with Gasteiger partial charge in [0.2, 0.25) is 5.91 Å². The molecule has 6 heteroatoms. The lowest BCUT2D eigenvalue weighted by Crippen LogP contribution is -2.52. The molecule has 3 amide bonds. The second-order valence-electron chi connectivity index (χ2n) is 7.55. The van der Waals surface area contributed by atoms with Gasteiger partial charge in [-0.15, -0.1) is 0 Å². The van der Waals surface area contributed by atoms with E-state index in [1.54, 1.807) is 0 Å². The Hall–Kier alpha value is -2.24. The number of rotatable bonds is 3. The highest BCUT2D eigenvalue weighted by Gasteiger charge is 2.35. The van der Waals surface area contributed by atoms with Crippen molar-refractivity contribution < 1.29 is 14.3 Å². The van der Waals surface area contributed by atoms with Crippen molar-refractivity contribution in [3.63, 3.8) is 0 Å². The first kappa shape index (κ1) is 17.2. The number of amides is 3. The first-order chi connectivity index (χ1) is 12.7. The molecule has 140 valence electrons. The van der Waals surface area contributed by atoms with Crippen LogP contribution in [-0.2, 0) is 4.79 Å². The Morgan fingerprint density at radius 2 is 1.88 bits per heavy atom. The molecule has 2 heterocycles. The van der Waals surface area contributed by atoms with E-state index in [9.17, 15) is 9.59 Å². The Labute approximate surface area is 154 Å². The molecule has 0 radical (unpaired) electrons. The minimum Gasteiger partial charge on any atom is -0.486 e. The van der Waals surface area contributed by atoms with E-state index in [-0.39, 0.29) is 24.0 Å². The lowest BCUT2D eigenvalue weighted by Gasteiger charge is -2.39. The molecule has 26 heavy (non-hydrogen) atoms. The quantitative estimate of drug-likeness (QED) is 0.905. The molecule has 2 fully saturated rings. The Morgan fingerprint density at radius 1 is 1.15 bits per heavy atom. The molecule has 0 spiro atoms. The lowest BCUT2D eigenvalue weighted by atomic mass is 9.96. The first-order valence-electron chi connectivity index (χ1n) is 9.78. The number of carbonyl (C=O) groups excluding carboxylic acids is 2. The van der Waals surface area contributed by atoms with Crippen LogP contribution < -0.4 is 15.0 Å². The standard InChI is InChI=1S/C20H27N3O3/c1-2-16-13-23(17-5-3-4-6-18(17)26-16)20(25)22-11-9-14(10-12-22)19(24)21-15-7-8-15/h3-6,14-16H,2,7-13H2,1H3,(H,21,24)/t16-/m1/s1.